The fourth-order valence-electron chi connectivity index (χ4n) is 1.41. The summed E-state index contributed by atoms with van der Waals surface area (Å²) in [7, 11) is 0. The van der Waals surface area contributed by atoms with Gasteiger partial charge in [0.15, 0.2) is 0 Å². The van der Waals surface area contributed by atoms with E-state index < -0.39 is 0 Å². The number of rotatable bonds is 2. The minimum Gasteiger partial charge on any atom is -0.506 e. The Labute approximate surface area is 83.8 Å². The van der Waals surface area contributed by atoms with Crippen molar-refractivity contribution < 1.29 is 9.90 Å². The third kappa shape index (κ3) is 2.25. The smallest absolute Gasteiger partial charge is 0.221 e. The molecule has 0 saturated carbocycles. The number of carbonyl (C=O) groups is 1. The number of aromatic hydroxyl groups is 1. The lowest BCUT2D eigenvalue weighted by Crippen LogP contribution is -2.06. The van der Waals surface area contributed by atoms with Gasteiger partial charge in [0.1, 0.15) is 5.75 Å². The van der Waals surface area contributed by atoms with Gasteiger partial charge in [-0.05, 0) is 36.6 Å². The van der Waals surface area contributed by atoms with Gasteiger partial charge in [0.2, 0.25) is 5.91 Å². The molecule has 0 unspecified atom stereocenters. The molecule has 14 heavy (non-hydrogen) atoms. The molecule has 0 aromatic heterocycles. The molecule has 3 heteroatoms. The number of nitrogens with one attached hydrogen (secondary N) is 1. The van der Waals surface area contributed by atoms with Crippen molar-refractivity contribution in [1.82, 2.24) is 0 Å². The Morgan fingerprint density at radius 1 is 1.50 bits per heavy atom. The van der Waals surface area contributed by atoms with Gasteiger partial charge in [-0.1, -0.05) is 6.92 Å². The van der Waals surface area contributed by atoms with Crippen LogP contribution in [0.15, 0.2) is 12.1 Å². The average molecular weight is 193 g/mol. The van der Waals surface area contributed by atoms with Crippen molar-refractivity contribution in [3.05, 3.63) is 23.3 Å². The van der Waals surface area contributed by atoms with Gasteiger partial charge in [-0.3, -0.25) is 4.79 Å². The molecule has 3 nitrogen and oxygen atoms in total. The van der Waals surface area contributed by atoms with Crippen molar-refractivity contribution in [3.8, 4) is 5.75 Å². The molecular weight excluding hydrogens is 178 g/mol. The summed E-state index contributed by atoms with van der Waals surface area (Å²) >= 11 is 0. The number of hydrogen-bond donors (Lipinski definition) is 2. The van der Waals surface area contributed by atoms with Crippen molar-refractivity contribution >= 4 is 11.6 Å². The normalized spacial score (nSPS) is 9.93. The van der Waals surface area contributed by atoms with Crippen LogP contribution in [0.3, 0.4) is 0 Å². The summed E-state index contributed by atoms with van der Waals surface area (Å²) in [5.74, 6) is -0.0494. The van der Waals surface area contributed by atoms with Crippen LogP contribution in [0, 0.1) is 6.92 Å². The molecule has 1 rings (SSSR count). The second-order valence-electron chi connectivity index (χ2n) is 3.33. The van der Waals surface area contributed by atoms with E-state index in [1.807, 2.05) is 13.8 Å². The Balaban J connectivity index is 3.08. The highest BCUT2D eigenvalue weighted by atomic mass is 16.3. The summed E-state index contributed by atoms with van der Waals surface area (Å²) in [6.07, 6.45) is 0.875. The molecule has 0 bridgehead atoms. The van der Waals surface area contributed by atoms with Crippen molar-refractivity contribution in [2.45, 2.75) is 27.2 Å². The first kappa shape index (κ1) is 10.6. The average Bonchev–Trinajstić information content (AvgIpc) is 2.10. The molecule has 1 amide bonds. The highest BCUT2D eigenvalue weighted by Crippen LogP contribution is 2.27. The predicted molar refractivity (Wildman–Crippen MR) is 56.5 cm³/mol. The maximum Gasteiger partial charge on any atom is 0.221 e. The summed E-state index contributed by atoms with van der Waals surface area (Å²) in [5.41, 5.74) is 2.65. The van der Waals surface area contributed by atoms with E-state index in [1.165, 1.54) is 6.92 Å². The maximum atomic E-state index is 10.8. The zero-order valence-corrected chi connectivity index (χ0v) is 8.72. The molecule has 0 heterocycles. The summed E-state index contributed by atoms with van der Waals surface area (Å²) in [5, 5.41) is 12.2. The van der Waals surface area contributed by atoms with Gasteiger partial charge in [-0.2, -0.15) is 0 Å². The van der Waals surface area contributed by atoms with E-state index in [0.717, 1.165) is 17.5 Å². The van der Waals surface area contributed by atoms with Crippen LogP contribution in [-0.4, -0.2) is 11.0 Å². The first-order valence-corrected chi connectivity index (χ1v) is 4.64. The maximum absolute atomic E-state index is 10.8. The molecule has 0 saturated heterocycles. The number of aryl methyl sites for hydroxylation is 2. The van der Waals surface area contributed by atoms with Crippen LogP contribution in [0.25, 0.3) is 0 Å². The molecule has 0 aliphatic carbocycles. The predicted octanol–water partition coefficient (Wildman–Crippen LogP) is 2.22. The van der Waals surface area contributed by atoms with Gasteiger partial charge >= 0.3 is 0 Å². The molecule has 0 aliphatic heterocycles. The first-order valence-electron chi connectivity index (χ1n) is 4.64. The second-order valence-corrected chi connectivity index (χ2v) is 3.33. The molecule has 0 aliphatic rings. The Morgan fingerprint density at radius 3 is 2.64 bits per heavy atom. The standard InChI is InChI=1S/C11H15NO2/c1-4-9-6-11(14)10(5-7(9)2)12-8(3)13/h5-6,14H,4H2,1-3H3,(H,12,13). The first-order chi connectivity index (χ1) is 6.54. The van der Waals surface area contributed by atoms with E-state index in [2.05, 4.69) is 5.32 Å². The Hall–Kier alpha value is -1.51. The van der Waals surface area contributed by atoms with Crippen molar-refractivity contribution in [3.63, 3.8) is 0 Å². The third-order valence-electron chi connectivity index (χ3n) is 2.15. The van der Waals surface area contributed by atoms with Gasteiger partial charge in [0.25, 0.3) is 0 Å². The fourth-order valence-corrected chi connectivity index (χ4v) is 1.41. The molecule has 0 atom stereocenters. The van der Waals surface area contributed by atoms with E-state index in [1.54, 1.807) is 12.1 Å². The van der Waals surface area contributed by atoms with Gasteiger partial charge in [-0.15, -0.1) is 0 Å². The van der Waals surface area contributed by atoms with Crippen molar-refractivity contribution in [2.75, 3.05) is 5.32 Å². The van der Waals surface area contributed by atoms with Crippen LogP contribution >= 0.6 is 0 Å². The summed E-state index contributed by atoms with van der Waals surface area (Å²) in [6.45, 7) is 5.41. The van der Waals surface area contributed by atoms with Gasteiger partial charge in [-0.25, -0.2) is 0 Å². The molecule has 0 fully saturated rings. The number of anilines is 1. The van der Waals surface area contributed by atoms with Crippen molar-refractivity contribution in [2.24, 2.45) is 0 Å². The van der Waals surface area contributed by atoms with E-state index in [-0.39, 0.29) is 11.7 Å². The summed E-state index contributed by atoms with van der Waals surface area (Å²) in [4.78, 5) is 10.8. The fraction of sp³-hybridized carbons (Fsp3) is 0.364. The Kier molecular flexibility index (Phi) is 3.12. The number of phenolic OH excluding ortho intramolecular Hbond substituents is 1. The number of amides is 1. The largest absolute Gasteiger partial charge is 0.506 e. The zero-order valence-electron chi connectivity index (χ0n) is 8.72. The van der Waals surface area contributed by atoms with E-state index in [9.17, 15) is 9.90 Å². The molecule has 1 aromatic rings. The van der Waals surface area contributed by atoms with Crippen LogP contribution in [0.4, 0.5) is 5.69 Å². The molecule has 0 radical (unpaired) electrons. The second kappa shape index (κ2) is 4.13. The van der Waals surface area contributed by atoms with Gasteiger partial charge in [0.05, 0.1) is 5.69 Å². The Morgan fingerprint density at radius 2 is 2.14 bits per heavy atom. The molecule has 76 valence electrons. The van der Waals surface area contributed by atoms with Crippen LogP contribution in [-0.2, 0) is 11.2 Å². The SMILES string of the molecule is CCc1cc(O)c(NC(C)=O)cc1C. The van der Waals surface area contributed by atoms with Crippen LogP contribution < -0.4 is 5.32 Å². The van der Waals surface area contributed by atoms with Crippen LogP contribution in [0.5, 0.6) is 5.75 Å². The zero-order chi connectivity index (χ0) is 10.7. The number of benzene rings is 1. The van der Waals surface area contributed by atoms with Crippen LogP contribution in [0.1, 0.15) is 25.0 Å². The lowest BCUT2D eigenvalue weighted by molar-refractivity contribution is -0.114. The van der Waals surface area contributed by atoms with Gasteiger partial charge < -0.3 is 10.4 Å². The topological polar surface area (TPSA) is 49.3 Å². The molecule has 2 N–H and O–H groups in total. The number of phenols is 1. The van der Waals surface area contributed by atoms with E-state index >= 15 is 0 Å². The quantitative estimate of drug-likeness (QED) is 0.707. The minimum absolute atomic E-state index is 0.127. The number of hydrogen-bond acceptors (Lipinski definition) is 2. The van der Waals surface area contributed by atoms with E-state index in [0.29, 0.717) is 5.69 Å². The molecular formula is C11H15NO2. The molecule has 0 spiro atoms. The number of carbonyl (C=O) groups excluding carboxylic acids is 1. The molecule has 1 aromatic carbocycles. The highest BCUT2D eigenvalue weighted by molar-refractivity contribution is 5.90. The monoisotopic (exact) mass is 193 g/mol. The lowest BCUT2D eigenvalue weighted by Gasteiger charge is -2.09. The van der Waals surface area contributed by atoms with Crippen LogP contribution in [0.2, 0.25) is 0 Å². The Bertz CT molecular complexity index is 359. The van der Waals surface area contributed by atoms with Gasteiger partial charge in [0, 0.05) is 6.92 Å². The van der Waals surface area contributed by atoms with Crippen molar-refractivity contribution in [1.29, 1.82) is 0 Å². The van der Waals surface area contributed by atoms with E-state index in [4.69, 9.17) is 0 Å². The minimum atomic E-state index is -0.177. The third-order valence-corrected chi connectivity index (χ3v) is 2.15. The lowest BCUT2D eigenvalue weighted by atomic mass is 10.0. The summed E-state index contributed by atoms with van der Waals surface area (Å²) < 4.78 is 0. The highest BCUT2D eigenvalue weighted by Gasteiger charge is 2.06. The summed E-state index contributed by atoms with van der Waals surface area (Å²) in [6, 6.07) is 3.48.